The van der Waals surface area contributed by atoms with Crippen molar-refractivity contribution in [3.05, 3.63) is 70.4 Å². The molecule has 106 valence electrons. The zero-order valence-electron chi connectivity index (χ0n) is 11.7. The molecule has 0 radical (unpaired) electrons. The Labute approximate surface area is 128 Å². The van der Waals surface area contributed by atoms with Crippen LogP contribution in [0.3, 0.4) is 0 Å². The fourth-order valence-electron chi connectivity index (χ4n) is 2.33. The third-order valence-electron chi connectivity index (χ3n) is 3.48. The molecule has 0 bridgehead atoms. The van der Waals surface area contributed by atoms with Crippen LogP contribution in [0.1, 0.15) is 16.9 Å². The summed E-state index contributed by atoms with van der Waals surface area (Å²) in [6, 6.07) is 18.7. The van der Waals surface area contributed by atoms with Gasteiger partial charge in [0.05, 0.1) is 0 Å². The molecule has 21 heavy (non-hydrogen) atoms. The Morgan fingerprint density at radius 2 is 1.86 bits per heavy atom. The van der Waals surface area contributed by atoms with Crippen molar-refractivity contribution < 1.29 is 4.79 Å². The van der Waals surface area contributed by atoms with Crippen molar-refractivity contribution in [3.8, 4) is 0 Å². The quantitative estimate of drug-likeness (QED) is 0.752. The normalized spacial score (nSPS) is 10.7. The molecule has 0 atom stereocenters. The molecule has 3 aromatic rings. The van der Waals surface area contributed by atoms with E-state index < -0.39 is 0 Å². The zero-order chi connectivity index (χ0) is 14.5. The van der Waals surface area contributed by atoms with Gasteiger partial charge in [-0.15, -0.1) is 11.3 Å². The Kier molecular flexibility index (Phi) is 4.31. The number of hydrogen-bond donors (Lipinski definition) is 1. The predicted molar refractivity (Wildman–Crippen MR) is 88.4 cm³/mol. The van der Waals surface area contributed by atoms with Crippen molar-refractivity contribution in [2.24, 2.45) is 0 Å². The second-order valence-corrected chi connectivity index (χ2v) is 6.07. The average Bonchev–Trinajstić information content (AvgIpc) is 3.04. The lowest BCUT2D eigenvalue weighted by Crippen LogP contribution is -2.22. The largest absolute Gasteiger partial charge is 0.352 e. The van der Waals surface area contributed by atoms with Crippen molar-refractivity contribution >= 4 is 28.0 Å². The number of rotatable bonds is 5. The molecule has 0 saturated carbocycles. The van der Waals surface area contributed by atoms with Crippen LogP contribution >= 0.6 is 11.3 Å². The van der Waals surface area contributed by atoms with Crippen LogP contribution in [0.25, 0.3) is 10.8 Å². The molecule has 3 heteroatoms. The van der Waals surface area contributed by atoms with E-state index in [4.69, 9.17) is 0 Å². The minimum Gasteiger partial charge on any atom is -0.352 e. The second kappa shape index (κ2) is 6.55. The molecular weight excluding hydrogens is 278 g/mol. The highest BCUT2D eigenvalue weighted by Gasteiger charge is 2.03. The van der Waals surface area contributed by atoms with E-state index in [1.807, 2.05) is 23.6 Å². The number of amides is 1. The smallest absolute Gasteiger partial charge is 0.220 e. The van der Waals surface area contributed by atoms with E-state index in [1.54, 1.807) is 11.3 Å². The van der Waals surface area contributed by atoms with Gasteiger partial charge in [-0.2, -0.15) is 0 Å². The van der Waals surface area contributed by atoms with Gasteiger partial charge in [-0.1, -0.05) is 42.5 Å². The standard InChI is InChI=1S/C18H17NOS/c20-18(10-9-17-6-3-11-21-17)19-13-14-7-8-15-4-1-2-5-16(15)12-14/h1-8,11-12H,9-10,13H2,(H,19,20). The second-order valence-electron chi connectivity index (χ2n) is 5.04. The van der Waals surface area contributed by atoms with E-state index in [-0.39, 0.29) is 5.91 Å². The minimum atomic E-state index is 0.108. The van der Waals surface area contributed by atoms with Gasteiger partial charge in [0.25, 0.3) is 0 Å². The zero-order valence-corrected chi connectivity index (χ0v) is 12.5. The third-order valence-corrected chi connectivity index (χ3v) is 4.42. The Balaban J connectivity index is 1.54. The van der Waals surface area contributed by atoms with Crippen LogP contribution in [0, 0.1) is 0 Å². The molecule has 2 aromatic carbocycles. The number of fused-ring (bicyclic) bond motifs is 1. The Morgan fingerprint density at radius 3 is 2.67 bits per heavy atom. The SMILES string of the molecule is O=C(CCc1cccs1)NCc1ccc2ccccc2c1. The molecule has 0 aliphatic rings. The lowest BCUT2D eigenvalue weighted by Gasteiger charge is -2.06. The maximum atomic E-state index is 11.9. The molecule has 3 rings (SSSR count). The molecule has 2 nitrogen and oxygen atoms in total. The van der Waals surface area contributed by atoms with E-state index >= 15 is 0 Å². The Morgan fingerprint density at radius 1 is 1.00 bits per heavy atom. The van der Waals surface area contributed by atoms with Crippen LogP contribution in [0.5, 0.6) is 0 Å². The first-order valence-electron chi connectivity index (χ1n) is 7.08. The molecule has 0 fully saturated rings. The monoisotopic (exact) mass is 295 g/mol. The average molecular weight is 295 g/mol. The molecule has 0 unspecified atom stereocenters. The molecule has 1 heterocycles. The summed E-state index contributed by atoms with van der Waals surface area (Å²) in [5.74, 6) is 0.108. The van der Waals surface area contributed by atoms with Gasteiger partial charge in [-0.25, -0.2) is 0 Å². The number of carbonyl (C=O) groups is 1. The number of benzene rings is 2. The fourth-order valence-corrected chi connectivity index (χ4v) is 3.04. The molecule has 0 aliphatic carbocycles. The summed E-state index contributed by atoms with van der Waals surface area (Å²) in [5.41, 5.74) is 1.14. The van der Waals surface area contributed by atoms with E-state index in [2.05, 4.69) is 41.7 Å². The topological polar surface area (TPSA) is 29.1 Å². The highest BCUT2D eigenvalue weighted by molar-refractivity contribution is 7.09. The maximum absolute atomic E-state index is 11.9. The summed E-state index contributed by atoms with van der Waals surface area (Å²) in [4.78, 5) is 13.1. The van der Waals surface area contributed by atoms with Crippen LogP contribution in [0.15, 0.2) is 60.0 Å². The number of thiophene rings is 1. The lowest BCUT2D eigenvalue weighted by atomic mass is 10.1. The maximum Gasteiger partial charge on any atom is 0.220 e. The van der Waals surface area contributed by atoms with Crippen molar-refractivity contribution in [1.82, 2.24) is 5.32 Å². The van der Waals surface area contributed by atoms with Crippen LogP contribution in [-0.4, -0.2) is 5.91 Å². The number of aryl methyl sites for hydroxylation is 1. The third kappa shape index (κ3) is 3.70. The minimum absolute atomic E-state index is 0.108. The summed E-state index contributed by atoms with van der Waals surface area (Å²) >= 11 is 1.70. The first-order chi connectivity index (χ1) is 10.3. The predicted octanol–water partition coefficient (Wildman–Crippen LogP) is 4.15. The van der Waals surface area contributed by atoms with Crippen LogP contribution in [0.4, 0.5) is 0 Å². The first-order valence-corrected chi connectivity index (χ1v) is 7.96. The van der Waals surface area contributed by atoms with E-state index in [0.29, 0.717) is 13.0 Å². The van der Waals surface area contributed by atoms with E-state index in [1.165, 1.54) is 15.6 Å². The van der Waals surface area contributed by atoms with Gasteiger partial charge in [0.1, 0.15) is 0 Å². The molecule has 0 saturated heterocycles. The number of carbonyl (C=O) groups excluding carboxylic acids is 1. The van der Waals surface area contributed by atoms with Gasteiger partial charge in [0, 0.05) is 17.8 Å². The molecule has 1 aromatic heterocycles. The van der Waals surface area contributed by atoms with Gasteiger partial charge >= 0.3 is 0 Å². The number of hydrogen-bond acceptors (Lipinski definition) is 2. The van der Waals surface area contributed by atoms with E-state index in [9.17, 15) is 4.79 Å². The number of nitrogens with one attached hydrogen (secondary N) is 1. The van der Waals surface area contributed by atoms with Crippen LogP contribution in [-0.2, 0) is 17.8 Å². The van der Waals surface area contributed by atoms with Gasteiger partial charge in [0.15, 0.2) is 0 Å². The van der Waals surface area contributed by atoms with Crippen LogP contribution in [0.2, 0.25) is 0 Å². The molecule has 1 N–H and O–H groups in total. The van der Waals surface area contributed by atoms with Gasteiger partial charge in [-0.3, -0.25) is 4.79 Å². The van der Waals surface area contributed by atoms with Crippen molar-refractivity contribution in [1.29, 1.82) is 0 Å². The van der Waals surface area contributed by atoms with Gasteiger partial charge < -0.3 is 5.32 Å². The lowest BCUT2D eigenvalue weighted by molar-refractivity contribution is -0.121. The van der Waals surface area contributed by atoms with Gasteiger partial charge in [-0.05, 0) is 40.3 Å². The molecular formula is C18H17NOS. The highest BCUT2D eigenvalue weighted by Crippen LogP contribution is 2.15. The summed E-state index contributed by atoms with van der Waals surface area (Å²) < 4.78 is 0. The Bertz CT molecular complexity index is 734. The first kappa shape index (κ1) is 13.8. The van der Waals surface area contributed by atoms with Gasteiger partial charge in [0.2, 0.25) is 5.91 Å². The van der Waals surface area contributed by atoms with Crippen molar-refractivity contribution in [2.45, 2.75) is 19.4 Å². The van der Waals surface area contributed by atoms with E-state index in [0.717, 1.165) is 12.0 Å². The summed E-state index contributed by atoms with van der Waals surface area (Å²) in [6.07, 6.45) is 1.37. The highest BCUT2D eigenvalue weighted by atomic mass is 32.1. The molecule has 1 amide bonds. The summed E-state index contributed by atoms with van der Waals surface area (Å²) in [7, 11) is 0. The van der Waals surface area contributed by atoms with Crippen LogP contribution < -0.4 is 5.32 Å². The van der Waals surface area contributed by atoms with Crippen molar-refractivity contribution in [3.63, 3.8) is 0 Å². The molecule has 0 spiro atoms. The molecule has 0 aliphatic heterocycles. The summed E-state index contributed by atoms with van der Waals surface area (Å²) in [5, 5.41) is 7.47. The van der Waals surface area contributed by atoms with Crippen molar-refractivity contribution in [2.75, 3.05) is 0 Å². The Hall–Kier alpha value is -2.13. The summed E-state index contributed by atoms with van der Waals surface area (Å²) in [6.45, 7) is 0.591. The fraction of sp³-hybridized carbons (Fsp3) is 0.167.